The summed E-state index contributed by atoms with van der Waals surface area (Å²) in [7, 11) is -5.12. The molecule has 0 saturated heterocycles. The molecule has 0 spiro atoms. The molecule has 16 heteroatoms. The molecule has 0 aromatic carbocycles. The van der Waals surface area contributed by atoms with Crippen LogP contribution in [0.4, 0.5) is 0 Å². The van der Waals surface area contributed by atoms with E-state index in [9.17, 15) is 39.8 Å². The first-order valence-electron chi connectivity index (χ1n) is 9.38. The minimum Gasteiger partial charge on any atom is -0.756 e. The molecule has 7 atom stereocenters. The zero-order chi connectivity index (χ0) is 24.4. The predicted molar refractivity (Wildman–Crippen MR) is 98.8 cm³/mol. The van der Waals surface area contributed by atoms with Crippen molar-refractivity contribution in [2.24, 2.45) is 5.73 Å². The number of carboxylic acids is 1. The van der Waals surface area contributed by atoms with Crippen LogP contribution in [-0.4, -0.2) is 115 Å². The van der Waals surface area contributed by atoms with Gasteiger partial charge in [-0.25, -0.2) is 4.79 Å². The number of aliphatic hydroxyl groups excluding tert-OH is 7. The molecule has 0 heterocycles. The van der Waals surface area contributed by atoms with Crippen molar-refractivity contribution in [3.63, 3.8) is 0 Å². The number of quaternary nitrogens is 1. The molecule has 1 rings (SSSR count). The van der Waals surface area contributed by atoms with Gasteiger partial charge in [0, 0.05) is 6.42 Å². The summed E-state index contributed by atoms with van der Waals surface area (Å²) in [5.41, 5.74) is 8.69. The van der Waals surface area contributed by atoms with Crippen molar-refractivity contribution in [1.82, 2.24) is 0 Å². The molecule has 1 aliphatic rings. The van der Waals surface area contributed by atoms with Gasteiger partial charge in [-0.3, -0.25) is 4.57 Å². The number of aliphatic hydroxyl groups is 7. The van der Waals surface area contributed by atoms with Gasteiger partial charge in [-0.2, -0.15) is 0 Å². The van der Waals surface area contributed by atoms with Gasteiger partial charge in [0.2, 0.25) is 0 Å². The van der Waals surface area contributed by atoms with Crippen molar-refractivity contribution in [3.05, 3.63) is 0 Å². The number of hydrogen-bond acceptors (Lipinski definition) is 13. The van der Waals surface area contributed by atoms with Crippen molar-refractivity contribution >= 4 is 13.8 Å². The standard InChI is InChI=1S/C9H19O11P.C6H14N2O2/c10-1-3(11)2-19-21(17,18)20-9-7(15)5(13)4(12)6(14)8(9)16;7-4-2-1-3-5(8)6(9)10/h3-16H,1-2H2,(H,17,18);5H,1-4,7-8H2,(H,9,10). The van der Waals surface area contributed by atoms with E-state index in [-0.39, 0.29) is 0 Å². The molecule has 0 aromatic rings. The number of carbonyl (C=O) groups is 1. The fourth-order valence-corrected chi connectivity index (χ4v) is 3.35. The van der Waals surface area contributed by atoms with E-state index in [1.165, 1.54) is 0 Å². The number of unbranched alkanes of at least 4 members (excludes halogenated alkanes) is 1. The van der Waals surface area contributed by atoms with Crippen molar-refractivity contribution in [2.75, 3.05) is 19.8 Å². The summed E-state index contributed by atoms with van der Waals surface area (Å²) >= 11 is 0. The lowest BCUT2D eigenvalue weighted by atomic mass is 9.85. The predicted octanol–water partition coefficient (Wildman–Crippen LogP) is -6.16. The number of aliphatic carboxylic acids is 1. The van der Waals surface area contributed by atoms with Gasteiger partial charge in [0.25, 0.3) is 7.82 Å². The monoisotopic (exact) mass is 480 g/mol. The van der Waals surface area contributed by atoms with E-state index >= 15 is 0 Å². The van der Waals surface area contributed by atoms with E-state index < -0.39 is 75.8 Å². The van der Waals surface area contributed by atoms with E-state index in [4.69, 9.17) is 21.1 Å². The average molecular weight is 480 g/mol. The van der Waals surface area contributed by atoms with Gasteiger partial charge in [-0.1, -0.05) is 0 Å². The molecule has 0 amide bonds. The zero-order valence-corrected chi connectivity index (χ0v) is 17.6. The molecule has 15 nitrogen and oxygen atoms in total. The summed E-state index contributed by atoms with van der Waals surface area (Å²) < 4.78 is 20.0. The Morgan fingerprint density at radius 1 is 1.06 bits per heavy atom. The Bertz CT molecular complexity index is 555. The number of rotatable bonds is 11. The molecule has 1 saturated carbocycles. The molecule has 31 heavy (non-hydrogen) atoms. The zero-order valence-electron chi connectivity index (χ0n) is 16.7. The highest BCUT2D eigenvalue weighted by molar-refractivity contribution is 7.45. The van der Waals surface area contributed by atoms with Gasteiger partial charge >= 0.3 is 5.97 Å². The lowest BCUT2D eigenvalue weighted by Gasteiger charge is -2.43. The van der Waals surface area contributed by atoms with Crippen LogP contribution in [0, 0.1) is 0 Å². The highest BCUT2D eigenvalue weighted by Gasteiger charge is 2.50. The molecule has 0 aromatic heterocycles. The van der Waals surface area contributed by atoms with Crippen molar-refractivity contribution in [3.8, 4) is 0 Å². The SMILES string of the molecule is NCCCCC([NH3+])C(=O)O.O=P([O-])(OCC(O)CO)OC1C(O)C(O)C(O)C(O)C1O. The third-order valence-corrected chi connectivity index (χ3v) is 5.28. The van der Waals surface area contributed by atoms with Crippen LogP contribution < -0.4 is 16.4 Å². The Morgan fingerprint density at radius 3 is 1.97 bits per heavy atom. The van der Waals surface area contributed by atoms with Crippen LogP contribution in [-0.2, 0) is 18.4 Å². The van der Waals surface area contributed by atoms with Gasteiger partial charge in [-0.05, 0) is 19.4 Å². The van der Waals surface area contributed by atoms with Crippen LogP contribution in [0.2, 0.25) is 0 Å². The lowest BCUT2D eigenvalue weighted by molar-refractivity contribution is -0.409. The molecule has 13 N–H and O–H groups in total. The normalized spacial score (nSPS) is 32.3. The molecule has 7 unspecified atom stereocenters. The maximum absolute atomic E-state index is 11.4. The number of nitrogens with two attached hydrogens (primary N) is 1. The molecule has 0 radical (unpaired) electrons. The molecule has 0 aliphatic heterocycles. The summed E-state index contributed by atoms with van der Waals surface area (Å²) in [6, 6.07) is -0.466. The number of carboxylic acid groups (broad SMARTS) is 1. The van der Waals surface area contributed by atoms with Gasteiger partial charge in [0.1, 0.15) is 42.7 Å². The fraction of sp³-hybridized carbons (Fsp3) is 0.933. The first-order chi connectivity index (χ1) is 14.3. The van der Waals surface area contributed by atoms with Crippen LogP contribution in [0.1, 0.15) is 19.3 Å². The second kappa shape index (κ2) is 14.4. The molecular formula is C15H33N2O13P. The number of phosphoric ester groups is 1. The summed E-state index contributed by atoms with van der Waals surface area (Å²) in [5.74, 6) is -0.822. The van der Waals surface area contributed by atoms with Crippen LogP contribution in [0.5, 0.6) is 0 Å². The van der Waals surface area contributed by atoms with E-state index in [0.29, 0.717) is 13.0 Å². The second-order valence-electron chi connectivity index (χ2n) is 6.92. The van der Waals surface area contributed by atoms with Gasteiger partial charge in [0.15, 0.2) is 6.04 Å². The molecule has 0 bridgehead atoms. The second-order valence-corrected chi connectivity index (χ2v) is 8.29. The van der Waals surface area contributed by atoms with E-state index in [2.05, 4.69) is 14.8 Å². The lowest BCUT2D eigenvalue weighted by Crippen LogP contribution is -2.64. The Kier molecular flexibility index (Phi) is 14.0. The smallest absolute Gasteiger partial charge is 0.362 e. The largest absolute Gasteiger partial charge is 0.756 e. The quantitative estimate of drug-likeness (QED) is 0.0972. The van der Waals surface area contributed by atoms with Crippen molar-refractivity contribution < 1.29 is 69.9 Å². The van der Waals surface area contributed by atoms with E-state index in [1.807, 2.05) is 0 Å². The van der Waals surface area contributed by atoms with Gasteiger partial charge < -0.3 is 66.3 Å². The highest BCUT2D eigenvalue weighted by Crippen LogP contribution is 2.43. The number of phosphoric acid groups is 1. The molecule has 1 fully saturated rings. The van der Waals surface area contributed by atoms with Crippen LogP contribution in [0.3, 0.4) is 0 Å². The fourth-order valence-electron chi connectivity index (χ4n) is 2.39. The Labute approximate surface area is 178 Å². The average Bonchev–Trinajstić information content (AvgIpc) is 2.72. The highest BCUT2D eigenvalue weighted by atomic mass is 31.2. The van der Waals surface area contributed by atoms with E-state index in [0.717, 1.165) is 12.8 Å². The third-order valence-electron chi connectivity index (χ3n) is 4.32. The van der Waals surface area contributed by atoms with Gasteiger partial charge in [0.05, 0.1) is 13.2 Å². The maximum atomic E-state index is 11.4. The third kappa shape index (κ3) is 10.6. The summed E-state index contributed by atoms with van der Waals surface area (Å²) in [4.78, 5) is 21.6. The Hall–Kier alpha value is -0.780. The summed E-state index contributed by atoms with van der Waals surface area (Å²) in [5, 5.41) is 73.1. The van der Waals surface area contributed by atoms with Crippen LogP contribution in [0.25, 0.3) is 0 Å². The van der Waals surface area contributed by atoms with Crippen molar-refractivity contribution in [2.45, 2.75) is 68.0 Å². The Morgan fingerprint density at radius 2 is 1.55 bits per heavy atom. The summed E-state index contributed by atoms with van der Waals surface area (Å²) in [6.07, 6.45) is -10.9. The summed E-state index contributed by atoms with van der Waals surface area (Å²) in [6.45, 7) is -0.964. The number of hydrogen-bond donors (Lipinski definition) is 10. The molecule has 1 aliphatic carbocycles. The minimum absolute atomic E-state index is 0.466. The molecule has 186 valence electrons. The Balaban J connectivity index is 0.000000759. The molecular weight excluding hydrogens is 447 g/mol. The first-order valence-corrected chi connectivity index (χ1v) is 10.8. The van der Waals surface area contributed by atoms with Crippen LogP contribution >= 0.6 is 7.82 Å². The topological polar surface area (TPSA) is 291 Å². The van der Waals surface area contributed by atoms with Gasteiger partial charge in [-0.15, -0.1) is 0 Å². The maximum Gasteiger partial charge on any atom is 0.362 e. The first kappa shape index (κ1) is 30.2. The van der Waals surface area contributed by atoms with Crippen LogP contribution in [0.15, 0.2) is 0 Å². The minimum atomic E-state index is -5.12. The van der Waals surface area contributed by atoms with E-state index in [1.54, 1.807) is 0 Å². The van der Waals surface area contributed by atoms with Crippen molar-refractivity contribution in [1.29, 1.82) is 0 Å².